The van der Waals surface area contributed by atoms with Gasteiger partial charge in [0.2, 0.25) is 0 Å². The third-order valence-corrected chi connectivity index (χ3v) is 3.47. The largest absolute Gasteiger partial charge is 1.00 e. The molecule has 0 aliphatic heterocycles. The van der Waals surface area contributed by atoms with Gasteiger partial charge in [0.05, 0.1) is 5.92 Å². The molecule has 5 heteroatoms. The summed E-state index contributed by atoms with van der Waals surface area (Å²) in [5, 5.41) is 19.6. The molecule has 0 aromatic carbocycles. The molecular formula is C9H11LiO4. The van der Waals surface area contributed by atoms with Gasteiger partial charge >= 0.3 is 24.8 Å². The summed E-state index contributed by atoms with van der Waals surface area (Å²) in [6.45, 7) is 0. The number of carboxylic acid groups (broad SMARTS) is 2. The van der Waals surface area contributed by atoms with E-state index >= 15 is 0 Å². The van der Waals surface area contributed by atoms with E-state index in [9.17, 15) is 14.7 Å². The summed E-state index contributed by atoms with van der Waals surface area (Å²) < 4.78 is 0. The summed E-state index contributed by atoms with van der Waals surface area (Å²) >= 11 is 0. The van der Waals surface area contributed by atoms with Crippen LogP contribution in [-0.4, -0.2) is 17.0 Å². The topological polar surface area (TPSA) is 77.4 Å². The first-order valence-corrected chi connectivity index (χ1v) is 4.55. The van der Waals surface area contributed by atoms with E-state index in [1.54, 1.807) is 0 Å². The number of fused-ring (bicyclic) bond motifs is 2. The van der Waals surface area contributed by atoms with Crippen molar-refractivity contribution < 1.29 is 38.7 Å². The number of aliphatic carboxylic acids is 2. The van der Waals surface area contributed by atoms with Gasteiger partial charge in [-0.05, 0) is 31.1 Å². The molecule has 0 radical (unpaired) electrons. The summed E-state index contributed by atoms with van der Waals surface area (Å²) in [6, 6.07) is 0. The van der Waals surface area contributed by atoms with Crippen LogP contribution in [0.15, 0.2) is 0 Å². The molecule has 0 amide bonds. The van der Waals surface area contributed by atoms with Crippen molar-refractivity contribution in [2.45, 2.75) is 19.3 Å². The Hall–Kier alpha value is -0.463. The van der Waals surface area contributed by atoms with Gasteiger partial charge in [-0.2, -0.15) is 0 Å². The predicted octanol–water partition coefficient (Wildman–Crippen LogP) is -3.51. The molecule has 4 unspecified atom stereocenters. The second-order valence-electron chi connectivity index (χ2n) is 4.04. The van der Waals surface area contributed by atoms with Gasteiger partial charge in [-0.1, -0.05) is 0 Å². The van der Waals surface area contributed by atoms with E-state index in [2.05, 4.69) is 0 Å². The summed E-state index contributed by atoms with van der Waals surface area (Å²) in [5.41, 5.74) is 0. The molecule has 72 valence electrons. The number of rotatable bonds is 2. The maximum absolute atomic E-state index is 10.8. The van der Waals surface area contributed by atoms with Crippen molar-refractivity contribution >= 4 is 11.9 Å². The molecule has 1 N–H and O–H groups in total. The van der Waals surface area contributed by atoms with Crippen LogP contribution in [0.25, 0.3) is 0 Å². The zero-order chi connectivity index (χ0) is 9.59. The van der Waals surface area contributed by atoms with Crippen LogP contribution < -0.4 is 24.0 Å². The third-order valence-electron chi connectivity index (χ3n) is 3.47. The molecular weight excluding hydrogens is 179 g/mol. The van der Waals surface area contributed by atoms with E-state index in [1.807, 2.05) is 0 Å². The van der Waals surface area contributed by atoms with Crippen LogP contribution in [0.1, 0.15) is 19.3 Å². The number of hydrogen-bond acceptors (Lipinski definition) is 3. The van der Waals surface area contributed by atoms with E-state index in [4.69, 9.17) is 5.11 Å². The summed E-state index contributed by atoms with van der Waals surface area (Å²) in [7, 11) is 0. The fraction of sp³-hybridized carbons (Fsp3) is 0.778. The van der Waals surface area contributed by atoms with Crippen LogP contribution in [0.4, 0.5) is 0 Å². The van der Waals surface area contributed by atoms with Crippen LogP contribution in [0.5, 0.6) is 0 Å². The van der Waals surface area contributed by atoms with Crippen LogP contribution in [0.2, 0.25) is 0 Å². The molecule has 2 rings (SSSR count). The Balaban J connectivity index is 0.000000980. The van der Waals surface area contributed by atoms with E-state index in [0.29, 0.717) is 0 Å². The van der Waals surface area contributed by atoms with Crippen molar-refractivity contribution in [2.75, 3.05) is 0 Å². The van der Waals surface area contributed by atoms with Gasteiger partial charge in [0, 0.05) is 11.9 Å². The van der Waals surface area contributed by atoms with Crippen LogP contribution in [0.3, 0.4) is 0 Å². The van der Waals surface area contributed by atoms with Crippen molar-refractivity contribution in [3.05, 3.63) is 0 Å². The van der Waals surface area contributed by atoms with Crippen molar-refractivity contribution in [1.82, 2.24) is 0 Å². The standard InChI is InChI=1S/C9H12O4.Li/c10-8(11)6-4-1-2-5(3-4)7(6)9(12)13;/h4-7H,1-3H2,(H,10,11)(H,12,13);/q;+1/p-1. The Morgan fingerprint density at radius 3 is 2.00 bits per heavy atom. The zero-order valence-electron chi connectivity index (χ0n) is 8.10. The van der Waals surface area contributed by atoms with Gasteiger partial charge in [-0.15, -0.1) is 0 Å². The Kier molecular flexibility index (Phi) is 3.28. The summed E-state index contributed by atoms with van der Waals surface area (Å²) in [5.74, 6) is -3.46. The van der Waals surface area contributed by atoms with Crippen molar-refractivity contribution in [3.8, 4) is 0 Å². The van der Waals surface area contributed by atoms with E-state index in [-0.39, 0.29) is 30.7 Å². The number of carbonyl (C=O) groups is 2. The maximum atomic E-state index is 10.8. The minimum absolute atomic E-state index is 0. The molecule has 2 saturated carbocycles. The Labute approximate surface area is 93.9 Å². The van der Waals surface area contributed by atoms with Crippen molar-refractivity contribution in [3.63, 3.8) is 0 Å². The molecule has 0 saturated heterocycles. The average molecular weight is 190 g/mol. The van der Waals surface area contributed by atoms with Gasteiger partial charge < -0.3 is 15.0 Å². The van der Waals surface area contributed by atoms with Crippen molar-refractivity contribution in [2.24, 2.45) is 23.7 Å². The number of hydrogen-bond donors (Lipinski definition) is 1. The minimum atomic E-state index is -1.18. The van der Waals surface area contributed by atoms with Gasteiger partial charge in [0.25, 0.3) is 0 Å². The molecule has 4 atom stereocenters. The fourth-order valence-electron chi connectivity index (χ4n) is 2.99. The SMILES string of the molecule is O=C([O-])C1C2CCC(C2)C1C(=O)O.[Li+]. The first kappa shape index (κ1) is 11.6. The molecule has 0 heterocycles. The smallest absolute Gasteiger partial charge is 0.550 e. The second kappa shape index (κ2) is 3.96. The molecule has 4 nitrogen and oxygen atoms in total. The normalized spacial score (nSPS) is 39.1. The molecule has 2 fully saturated rings. The van der Waals surface area contributed by atoms with E-state index in [0.717, 1.165) is 19.3 Å². The Morgan fingerprint density at radius 2 is 1.64 bits per heavy atom. The van der Waals surface area contributed by atoms with Crippen molar-refractivity contribution in [1.29, 1.82) is 0 Å². The van der Waals surface area contributed by atoms with Gasteiger partial charge in [-0.3, -0.25) is 4.79 Å². The summed E-state index contributed by atoms with van der Waals surface area (Å²) in [6.07, 6.45) is 2.48. The maximum Gasteiger partial charge on any atom is 1.00 e. The first-order valence-electron chi connectivity index (χ1n) is 4.55. The molecule has 2 aliphatic carbocycles. The third kappa shape index (κ3) is 1.57. The molecule has 14 heavy (non-hydrogen) atoms. The number of carbonyl (C=O) groups excluding carboxylic acids is 1. The molecule has 2 bridgehead atoms. The minimum Gasteiger partial charge on any atom is -0.550 e. The Bertz CT molecular complexity index is 240. The molecule has 2 aliphatic rings. The molecule has 0 aromatic rings. The van der Waals surface area contributed by atoms with E-state index < -0.39 is 23.8 Å². The van der Waals surface area contributed by atoms with Gasteiger partial charge in [0.15, 0.2) is 0 Å². The fourth-order valence-corrected chi connectivity index (χ4v) is 2.99. The van der Waals surface area contributed by atoms with Gasteiger partial charge in [-0.25, -0.2) is 0 Å². The van der Waals surface area contributed by atoms with Crippen LogP contribution in [0, 0.1) is 23.7 Å². The molecule has 0 aromatic heterocycles. The predicted molar refractivity (Wildman–Crippen MR) is 40.5 cm³/mol. The van der Waals surface area contributed by atoms with Gasteiger partial charge in [0.1, 0.15) is 0 Å². The number of carboxylic acids is 2. The van der Waals surface area contributed by atoms with Crippen LogP contribution >= 0.6 is 0 Å². The summed E-state index contributed by atoms with van der Waals surface area (Å²) in [4.78, 5) is 21.5. The van der Waals surface area contributed by atoms with E-state index in [1.165, 1.54) is 0 Å². The molecule has 0 spiro atoms. The van der Waals surface area contributed by atoms with Crippen LogP contribution in [-0.2, 0) is 9.59 Å². The quantitative estimate of drug-likeness (QED) is 0.458. The first-order chi connectivity index (χ1) is 6.11. The average Bonchev–Trinajstić information content (AvgIpc) is 2.60. The monoisotopic (exact) mass is 190 g/mol. The zero-order valence-corrected chi connectivity index (χ0v) is 8.10. The Morgan fingerprint density at radius 1 is 1.14 bits per heavy atom. The second-order valence-corrected chi connectivity index (χ2v) is 4.04.